The molecule has 0 saturated carbocycles. The van der Waals surface area contributed by atoms with Crippen molar-refractivity contribution < 1.29 is 19.2 Å². The van der Waals surface area contributed by atoms with Crippen molar-refractivity contribution in [1.82, 2.24) is 0 Å². The van der Waals surface area contributed by atoms with Crippen molar-refractivity contribution in [3.8, 4) is 0 Å². The molecule has 0 bridgehead atoms. The van der Waals surface area contributed by atoms with Gasteiger partial charge in [0.2, 0.25) is 0 Å². The van der Waals surface area contributed by atoms with Crippen LogP contribution < -0.4 is 0 Å². The SMILES string of the molecule is O=CC[C@@H](CC(=O)/C=C/O)OP. The van der Waals surface area contributed by atoms with Gasteiger partial charge < -0.3 is 14.4 Å². The summed E-state index contributed by atoms with van der Waals surface area (Å²) in [6, 6.07) is 0. The maximum Gasteiger partial charge on any atom is 0.161 e. The molecule has 0 aliphatic heterocycles. The lowest BCUT2D eigenvalue weighted by atomic mass is 10.1. The maximum atomic E-state index is 10.8. The summed E-state index contributed by atoms with van der Waals surface area (Å²) in [6.07, 6.45) is 2.24. The van der Waals surface area contributed by atoms with E-state index in [1.807, 2.05) is 9.47 Å². The lowest BCUT2D eigenvalue weighted by molar-refractivity contribution is -0.116. The molecule has 12 heavy (non-hydrogen) atoms. The summed E-state index contributed by atoms with van der Waals surface area (Å²) < 4.78 is 4.76. The number of allylic oxidation sites excluding steroid dienone is 1. The fraction of sp³-hybridized carbons (Fsp3) is 0.429. The van der Waals surface area contributed by atoms with Crippen LogP contribution in [0.3, 0.4) is 0 Å². The van der Waals surface area contributed by atoms with Crippen LogP contribution in [0.25, 0.3) is 0 Å². The molecule has 2 atom stereocenters. The highest BCUT2D eigenvalue weighted by molar-refractivity contribution is 7.09. The Morgan fingerprint density at radius 1 is 1.67 bits per heavy atom. The molecule has 0 rings (SSSR count). The first-order valence-electron chi connectivity index (χ1n) is 3.37. The molecule has 0 aliphatic rings. The third-order valence-corrected chi connectivity index (χ3v) is 1.63. The van der Waals surface area contributed by atoms with Gasteiger partial charge in [0.05, 0.1) is 12.4 Å². The monoisotopic (exact) mass is 190 g/mol. The van der Waals surface area contributed by atoms with Gasteiger partial charge in [0.15, 0.2) is 5.78 Å². The van der Waals surface area contributed by atoms with Crippen LogP contribution in [0.4, 0.5) is 0 Å². The van der Waals surface area contributed by atoms with E-state index in [1.54, 1.807) is 0 Å². The molecule has 0 radical (unpaired) electrons. The van der Waals surface area contributed by atoms with Gasteiger partial charge in [-0.3, -0.25) is 4.79 Å². The van der Waals surface area contributed by atoms with Crippen LogP contribution in [0.5, 0.6) is 0 Å². The van der Waals surface area contributed by atoms with Crippen LogP contribution in [0, 0.1) is 0 Å². The molecule has 0 aliphatic carbocycles. The highest BCUT2D eigenvalue weighted by Gasteiger charge is 2.10. The summed E-state index contributed by atoms with van der Waals surface area (Å²) in [4.78, 5) is 20.9. The summed E-state index contributed by atoms with van der Waals surface area (Å²) >= 11 is 0. The van der Waals surface area contributed by atoms with Crippen LogP contribution in [-0.2, 0) is 14.1 Å². The van der Waals surface area contributed by atoms with E-state index < -0.39 is 6.10 Å². The number of hydrogen-bond donors (Lipinski definition) is 1. The first kappa shape index (κ1) is 11.3. The van der Waals surface area contributed by atoms with Gasteiger partial charge in [0, 0.05) is 28.4 Å². The highest BCUT2D eigenvalue weighted by Crippen LogP contribution is 2.07. The molecule has 0 aromatic heterocycles. The van der Waals surface area contributed by atoms with E-state index in [4.69, 9.17) is 9.63 Å². The van der Waals surface area contributed by atoms with Crippen LogP contribution in [0.1, 0.15) is 12.8 Å². The average molecular weight is 190 g/mol. The van der Waals surface area contributed by atoms with Crippen molar-refractivity contribution >= 4 is 21.5 Å². The number of aldehydes is 1. The number of rotatable bonds is 6. The van der Waals surface area contributed by atoms with Gasteiger partial charge in [-0.2, -0.15) is 0 Å². The standard InChI is InChI=1S/C7H11O4P/c8-3-1-6(10)5-7(11-12)2-4-9/h1,3-4,7-8H,2,5,12H2/b3-1+/t7-/m0/s1. The smallest absolute Gasteiger partial charge is 0.161 e. The molecule has 0 fully saturated rings. The molecule has 0 aromatic rings. The predicted octanol–water partition coefficient (Wildman–Crippen LogP) is 0.782. The minimum Gasteiger partial charge on any atom is -0.515 e. The van der Waals surface area contributed by atoms with Crippen molar-refractivity contribution in [3.05, 3.63) is 12.3 Å². The summed E-state index contributed by atoms with van der Waals surface area (Å²) in [6.45, 7) is 0. The number of aliphatic hydroxyl groups is 1. The van der Waals surface area contributed by atoms with E-state index in [1.165, 1.54) is 0 Å². The Labute approximate surface area is 72.9 Å². The van der Waals surface area contributed by atoms with Gasteiger partial charge in [0.1, 0.15) is 6.29 Å². The van der Waals surface area contributed by atoms with E-state index in [2.05, 4.69) is 0 Å². The molecule has 0 aromatic carbocycles. The molecule has 1 N–H and O–H groups in total. The van der Waals surface area contributed by atoms with E-state index in [-0.39, 0.29) is 18.6 Å². The fourth-order valence-corrected chi connectivity index (χ4v) is 0.877. The molecule has 5 heteroatoms. The van der Waals surface area contributed by atoms with E-state index >= 15 is 0 Å². The summed E-state index contributed by atoms with van der Waals surface area (Å²) in [7, 11) is 2.00. The Morgan fingerprint density at radius 3 is 2.75 bits per heavy atom. The summed E-state index contributed by atoms with van der Waals surface area (Å²) in [5, 5.41) is 8.24. The van der Waals surface area contributed by atoms with E-state index in [0.717, 1.165) is 6.08 Å². The van der Waals surface area contributed by atoms with Gasteiger partial charge >= 0.3 is 0 Å². The highest BCUT2D eigenvalue weighted by atomic mass is 31.0. The molecule has 1 unspecified atom stereocenters. The second-order valence-electron chi connectivity index (χ2n) is 2.15. The van der Waals surface area contributed by atoms with Crippen molar-refractivity contribution in [2.24, 2.45) is 0 Å². The predicted molar refractivity (Wildman–Crippen MR) is 46.7 cm³/mol. The lowest BCUT2D eigenvalue weighted by Gasteiger charge is -2.08. The first-order valence-corrected chi connectivity index (χ1v) is 3.84. The third-order valence-electron chi connectivity index (χ3n) is 1.24. The third kappa shape index (κ3) is 4.99. The Hall–Kier alpha value is -0.730. The molecular formula is C7H11O4P. The number of ketones is 1. The number of aliphatic hydroxyl groups excluding tert-OH is 1. The molecule has 0 heterocycles. The summed E-state index contributed by atoms with van der Waals surface area (Å²) in [5.74, 6) is -0.271. The van der Waals surface area contributed by atoms with Crippen LogP contribution in [0.15, 0.2) is 12.3 Å². The zero-order chi connectivity index (χ0) is 9.40. The molecule has 0 amide bonds. The first-order chi connectivity index (χ1) is 5.74. The topological polar surface area (TPSA) is 63.6 Å². The molecule has 4 nitrogen and oxygen atoms in total. The minimum absolute atomic E-state index is 0.0965. The Bertz CT molecular complexity index is 178. The van der Waals surface area contributed by atoms with Gasteiger partial charge in [-0.1, -0.05) is 0 Å². The average Bonchev–Trinajstić information content (AvgIpc) is 2.04. The lowest BCUT2D eigenvalue weighted by Crippen LogP contribution is -2.13. The Kier molecular flexibility index (Phi) is 6.53. The number of carbonyl (C=O) groups excluding carboxylic acids is 2. The number of hydrogen-bond acceptors (Lipinski definition) is 4. The van der Waals surface area contributed by atoms with Gasteiger partial charge in [-0.15, -0.1) is 0 Å². The molecular weight excluding hydrogens is 179 g/mol. The minimum atomic E-state index is -0.420. The van der Waals surface area contributed by atoms with E-state index in [9.17, 15) is 9.59 Å². The Morgan fingerprint density at radius 2 is 2.33 bits per heavy atom. The Balaban J connectivity index is 3.84. The number of carbonyl (C=O) groups is 2. The quantitative estimate of drug-likeness (QED) is 0.291. The van der Waals surface area contributed by atoms with Gasteiger partial charge in [-0.05, 0) is 0 Å². The zero-order valence-corrected chi connectivity index (χ0v) is 7.63. The zero-order valence-electron chi connectivity index (χ0n) is 6.47. The van der Waals surface area contributed by atoms with Crippen molar-refractivity contribution in [2.45, 2.75) is 18.9 Å². The van der Waals surface area contributed by atoms with Crippen molar-refractivity contribution in [3.63, 3.8) is 0 Å². The van der Waals surface area contributed by atoms with Gasteiger partial charge in [-0.25, -0.2) is 0 Å². The summed E-state index contributed by atoms with van der Waals surface area (Å²) in [5.41, 5.74) is 0. The van der Waals surface area contributed by atoms with E-state index in [0.29, 0.717) is 12.5 Å². The van der Waals surface area contributed by atoms with Crippen LogP contribution in [0.2, 0.25) is 0 Å². The van der Waals surface area contributed by atoms with Crippen LogP contribution in [-0.4, -0.2) is 23.3 Å². The van der Waals surface area contributed by atoms with Gasteiger partial charge in [0.25, 0.3) is 0 Å². The maximum absolute atomic E-state index is 10.8. The molecule has 68 valence electrons. The fourth-order valence-electron chi connectivity index (χ4n) is 0.670. The normalized spacial score (nSPS) is 13.1. The molecule has 0 spiro atoms. The van der Waals surface area contributed by atoms with Crippen molar-refractivity contribution in [1.29, 1.82) is 0 Å². The molecule has 0 saturated heterocycles. The van der Waals surface area contributed by atoms with Crippen molar-refractivity contribution in [2.75, 3.05) is 0 Å². The second kappa shape index (κ2) is 6.95. The van der Waals surface area contributed by atoms with Crippen LogP contribution >= 0.6 is 9.47 Å². The largest absolute Gasteiger partial charge is 0.515 e. The second-order valence-corrected chi connectivity index (χ2v) is 2.42.